The lowest BCUT2D eigenvalue weighted by atomic mass is 10.2. The van der Waals surface area contributed by atoms with Gasteiger partial charge in [-0.2, -0.15) is 0 Å². The molecule has 0 unspecified atom stereocenters. The number of guanidine groups is 1. The van der Waals surface area contributed by atoms with Gasteiger partial charge < -0.3 is 10.6 Å². The summed E-state index contributed by atoms with van der Waals surface area (Å²) in [5.74, 6) is -0.403. The molecule has 7 heteroatoms. The fourth-order valence-corrected chi connectivity index (χ4v) is 2.73. The zero-order valence-electron chi connectivity index (χ0n) is 12.7. The van der Waals surface area contributed by atoms with E-state index in [2.05, 4.69) is 20.6 Å². The lowest BCUT2D eigenvalue weighted by Gasteiger charge is -2.11. The first-order chi connectivity index (χ1) is 10.5. The van der Waals surface area contributed by atoms with E-state index in [1.165, 1.54) is 10.9 Å². The van der Waals surface area contributed by atoms with Crippen LogP contribution in [0.25, 0.3) is 0 Å². The molecule has 2 rings (SSSR count). The number of rotatable bonds is 4. The van der Waals surface area contributed by atoms with Crippen molar-refractivity contribution in [2.75, 3.05) is 7.05 Å². The van der Waals surface area contributed by atoms with Gasteiger partial charge in [0.1, 0.15) is 16.6 Å². The maximum absolute atomic E-state index is 13.5. The number of aliphatic imine (C=N–C) groups is 1. The quantitative estimate of drug-likeness (QED) is 0.671. The Kier molecular flexibility index (Phi) is 5.43. The second-order valence-corrected chi connectivity index (χ2v) is 6.05. The Morgan fingerprint density at radius 3 is 2.59 bits per heavy atom. The van der Waals surface area contributed by atoms with Crippen LogP contribution in [-0.2, 0) is 13.1 Å². The van der Waals surface area contributed by atoms with E-state index in [-0.39, 0.29) is 12.1 Å². The number of halogens is 2. The predicted molar refractivity (Wildman–Crippen MR) is 85.0 cm³/mol. The summed E-state index contributed by atoms with van der Waals surface area (Å²) >= 11 is 1.62. The van der Waals surface area contributed by atoms with Crippen LogP contribution in [-0.4, -0.2) is 18.0 Å². The predicted octanol–water partition coefficient (Wildman–Crippen LogP) is 2.90. The van der Waals surface area contributed by atoms with Crippen molar-refractivity contribution < 1.29 is 8.78 Å². The first kappa shape index (κ1) is 16.4. The Morgan fingerprint density at radius 2 is 1.95 bits per heavy atom. The van der Waals surface area contributed by atoms with Crippen LogP contribution in [0.3, 0.4) is 0 Å². The maximum Gasteiger partial charge on any atom is 0.191 e. The number of aryl methyl sites for hydroxylation is 2. The first-order valence-electron chi connectivity index (χ1n) is 6.81. The van der Waals surface area contributed by atoms with Crippen molar-refractivity contribution in [3.05, 3.63) is 51.0 Å². The molecule has 0 radical (unpaired) electrons. The summed E-state index contributed by atoms with van der Waals surface area (Å²) in [6, 6.07) is 3.38. The molecule has 0 aliphatic carbocycles. The van der Waals surface area contributed by atoms with Crippen molar-refractivity contribution in [3.8, 4) is 0 Å². The fourth-order valence-electron chi connectivity index (χ4n) is 1.85. The molecule has 1 aromatic heterocycles. The van der Waals surface area contributed by atoms with Crippen molar-refractivity contribution in [2.45, 2.75) is 26.9 Å². The van der Waals surface area contributed by atoms with E-state index in [9.17, 15) is 8.78 Å². The van der Waals surface area contributed by atoms with Crippen LogP contribution in [0.5, 0.6) is 0 Å². The van der Waals surface area contributed by atoms with Gasteiger partial charge in [-0.1, -0.05) is 0 Å². The molecule has 0 aliphatic heterocycles. The van der Waals surface area contributed by atoms with Crippen LogP contribution in [0.15, 0.2) is 23.2 Å². The van der Waals surface area contributed by atoms with Crippen molar-refractivity contribution in [2.24, 2.45) is 4.99 Å². The molecule has 0 fully saturated rings. The van der Waals surface area contributed by atoms with Gasteiger partial charge in [-0.25, -0.2) is 13.8 Å². The summed E-state index contributed by atoms with van der Waals surface area (Å²) < 4.78 is 26.7. The second-order valence-electron chi connectivity index (χ2n) is 4.76. The van der Waals surface area contributed by atoms with Crippen molar-refractivity contribution in [1.82, 2.24) is 15.6 Å². The number of hydrogen-bond acceptors (Lipinski definition) is 3. The molecule has 0 atom stereocenters. The minimum Gasteiger partial charge on any atom is -0.352 e. The molecule has 0 saturated heterocycles. The molecule has 22 heavy (non-hydrogen) atoms. The molecule has 2 aromatic rings. The largest absolute Gasteiger partial charge is 0.352 e. The molecular formula is C15H18F2N4S. The smallest absolute Gasteiger partial charge is 0.191 e. The van der Waals surface area contributed by atoms with Gasteiger partial charge in [-0.15, -0.1) is 11.3 Å². The third kappa shape index (κ3) is 4.24. The molecular weight excluding hydrogens is 306 g/mol. The Hall–Kier alpha value is -2.02. The van der Waals surface area contributed by atoms with Gasteiger partial charge in [-0.05, 0) is 32.0 Å². The SMILES string of the molecule is CN=C(NCc1nc(C)c(C)s1)NCc1cc(F)ccc1F. The lowest BCUT2D eigenvalue weighted by Crippen LogP contribution is -2.36. The highest BCUT2D eigenvalue weighted by atomic mass is 32.1. The fraction of sp³-hybridized carbons (Fsp3) is 0.333. The second kappa shape index (κ2) is 7.31. The van der Waals surface area contributed by atoms with Crippen molar-refractivity contribution in [1.29, 1.82) is 0 Å². The Bertz CT molecular complexity index is 663. The number of nitrogens with zero attached hydrogens (tertiary/aromatic N) is 2. The number of aromatic nitrogens is 1. The highest BCUT2D eigenvalue weighted by Gasteiger charge is 2.07. The average molecular weight is 324 g/mol. The van der Waals surface area contributed by atoms with Gasteiger partial charge in [0.15, 0.2) is 5.96 Å². The normalized spacial score (nSPS) is 11.6. The third-order valence-electron chi connectivity index (χ3n) is 3.16. The molecule has 118 valence electrons. The Morgan fingerprint density at radius 1 is 1.23 bits per heavy atom. The van der Waals surface area contributed by atoms with Gasteiger partial charge in [0, 0.05) is 24.0 Å². The molecule has 0 aliphatic rings. The molecule has 4 nitrogen and oxygen atoms in total. The Labute approximate surface area is 132 Å². The van der Waals surface area contributed by atoms with Crippen LogP contribution >= 0.6 is 11.3 Å². The number of hydrogen-bond donors (Lipinski definition) is 2. The standard InChI is InChI=1S/C15H18F2N4S/c1-9-10(2)22-14(21-9)8-20-15(18-3)19-7-11-6-12(16)4-5-13(11)17/h4-6H,7-8H2,1-3H3,(H2,18,19,20). The molecule has 0 amide bonds. The maximum atomic E-state index is 13.5. The molecule has 0 bridgehead atoms. The summed E-state index contributed by atoms with van der Waals surface area (Å²) in [4.78, 5) is 9.66. The molecule has 1 heterocycles. The third-order valence-corrected chi connectivity index (χ3v) is 4.23. The van der Waals surface area contributed by atoms with E-state index >= 15 is 0 Å². The minimum absolute atomic E-state index is 0.152. The number of nitrogens with one attached hydrogen (secondary N) is 2. The van der Waals surface area contributed by atoms with Crippen LogP contribution in [0.1, 0.15) is 21.1 Å². The van der Waals surface area contributed by atoms with Gasteiger partial charge in [0.2, 0.25) is 0 Å². The summed E-state index contributed by atoms with van der Waals surface area (Å²) in [6.45, 7) is 4.68. The molecule has 1 aromatic carbocycles. The number of thiazole rings is 1. The lowest BCUT2D eigenvalue weighted by molar-refractivity contribution is 0.581. The van der Waals surface area contributed by atoms with E-state index in [0.717, 1.165) is 22.8 Å². The topological polar surface area (TPSA) is 49.3 Å². The van der Waals surface area contributed by atoms with Crippen molar-refractivity contribution >= 4 is 17.3 Å². The summed E-state index contributed by atoms with van der Waals surface area (Å²) in [6.07, 6.45) is 0. The van der Waals surface area contributed by atoms with Crippen LogP contribution in [0.2, 0.25) is 0 Å². The van der Waals surface area contributed by atoms with E-state index in [1.807, 2.05) is 13.8 Å². The van der Waals surface area contributed by atoms with Gasteiger partial charge in [0.25, 0.3) is 0 Å². The van der Waals surface area contributed by atoms with E-state index in [1.54, 1.807) is 18.4 Å². The van der Waals surface area contributed by atoms with Gasteiger partial charge in [0.05, 0.1) is 12.2 Å². The summed E-state index contributed by atoms with van der Waals surface area (Å²) in [7, 11) is 1.62. The summed E-state index contributed by atoms with van der Waals surface area (Å²) in [5.41, 5.74) is 1.27. The summed E-state index contributed by atoms with van der Waals surface area (Å²) in [5, 5.41) is 7.01. The van der Waals surface area contributed by atoms with E-state index < -0.39 is 11.6 Å². The first-order valence-corrected chi connectivity index (χ1v) is 7.62. The Balaban J connectivity index is 1.91. The van der Waals surface area contributed by atoms with Gasteiger partial charge in [-0.3, -0.25) is 4.99 Å². The van der Waals surface area contributed by atoms with Crippen LogP contribution in [0, 0.1) is 25.5 Å². The molecule has 0 spiro atoms. The monoisotopic (exact) mass is 324 g/mol. The van der Waals surface area contributed by atoms with Crippen LogP contribution in [0.4, 0.5) is 8.78 Å². The minimum atomic E-state index is -0.463. The number of benzene rings is 1. The zero-order chi connectivity index (χ0) is 16.1. The van der Waals surface area contributed by atoms with E-state index in [0.29, 0.717) is 12.5 Å². The highest BCUT2D eigenvalue weighted by Crippen LogP contribution is 2.15. The van der Waals surface area contributed by atoms with E-state index in [4.69, 9.17) is 0 Å². The molecule has 2 N–H and O–H groups in total. The van der Waals surface area contributed by atoms with Crippen LogP contribution < -0.4 is 10.6 Å². The highest BCUT2D eigenvalue weighted by molar-refractivity contribution is 7.11. The average Bonchev–Trinajstić information content (AvgIpc) is 2.81. The van der Waals surface area contributed by atoms with Gasteiger partial charge >= 0.3 is 0 Å². The zero-order valence-corrected chi connectivity index (χ0v) is 13.5. The molecule has 0 saturated carbocycles. The van der Waals surface area contributed by atoms with Crippen molar-refractivity contribution in [3.63, 3.8) is 0 Å².